The number of nitrogens with zero attached hydrogens (tertiary/aromatic N) is 1. The number of anilines is 1. The van der Waals surface area contributed by atoms with Crippen molar-refractivity contribution in [2.24, 2.45) is 0 Å². The monoisotopic (exact) mass is 408 g/mol. The molecule has 28 heavy (non-hydrogen) atoms. The van der Waals surface area contributed by atoms with Crippen LogP contribution in [0.1, 0.15) is 5.56 Å². The van der Waals surface area contributed by atoms with Gasteiger partial charge in [-0.3, -0.25) is 4.79 Å². The molecule has 0 saturated carbocycles. The van der Waals surface area contributed by atoms with E-state index in [2.05, 4.69) is 10.3 Å². The van der Waals surface area contributed by atoms with Crippen molar-refractivity contribution in [2.75, 3.05) is 11.9 Å². The number of carbonyl (C=O) groups is 1. The number of fused-ring (bicyclic) bond motifs is 1. The summed E-state index contributed by atoms with van der Waals surface area (Å²) in [6, 6.07) is 20.9. The van der Waals surface area contributed by atoms with Gasteiger partial charge in [0.15, 0.2) is 6.61 Å². The lowest BCUT2D eigenvalue weighted by molar-refractivity contribution is -0.118. The Morgan fingerprint density at radius 1 is 1.11 bits per heavy atom. The number of thiazole rings is 1. The summed E-state index contributed by atoms with van der Waals surface area (Å²) in [6.45, 7) is 1.91. The molecule has 4 nitrogen and oxygen atoms in total. The molecule has 1 aromatic heterocycles. The maximum atomic E-state index is 12.1. The zero-order valence-corrected chi connectivity index (χ0v) is 16.7. The zero-order chi connectivity index (χ0) is 19.5. The van der Waals surface area contributed by atoms with Gasteiger partial charge in [0.25, 0.3) is 5.91 Å². The first-order valence-corrected chi connectivity index (χ1v) is 9.93. The van der Waals surface area contributed by atoms with Crippen LogP contribution in [0.15, 0.2) is 66.7 Å². The first-order valence-electron chi connectivity index (χ1n) is 8.73. The van der Waals surface area contributed by atoms with Crippen LogP contribution in [-0.4, -0.2) is 17.5 Å². The Bertz CT molecular complexity index is 1140. The minimum absolute atomic E-state index is 0.0365. The topological polar surface area (TPSA) is 51.2 Å². The maximum absolute atomic E-state index is 12.1. The van der Waals surface area contributed by atoms with Gasteiger partial charge < -0.3 is 10.1 Å². The summed E-state index contributed by atoms with van der Waals surface area (Å²) in [7, 11) is 0. The molecule has 0 bridgehead atoms. The van der Waals surface area contributed by atoms with Gasteiger partial charge >= 0.3 is 0 Å². The minimum Gasteiger partial charge on any atom is -0.483 e. The van der Waals surface area contributed by atoms with Crippen molar-refractivity contribution in [2.45, 2.75) is 6.92 Å². The molecule has 0 fully saturated rings. The molecule has 0 aliphatic rings. The smallest absolute Gasteiger partial charge is 0.262 e. The van der Waals surface area contributed by atoms with E-state index < -0.39 is 0 Å². The van der Waals surface area contributed by atoms with Crippen molar-refractivity contribution >= 4 is 44.7 Å². The van der Waals surface area contributed by atoms with Crippen molar-refractivity contribution in [3.05, 3.63) is 77.3 Å². The number of carbonyl (C=O) groups excluding carboxylic acids is 1. The Morgan fingerprint density at radius 3 is 2.68 bits per heavy atom. The highest BCUT2D eigenvalue weighted by molar-refractivity contribution is 7.21. The van der Waals surface area contributed by atoms with Gasteiger partial charge in [-0.15, -0.1) is 11.3 Å². The standard InChI is InChI=1S/C22H17ClN2O2S/c1-14-4-2-3-5-19(14)27-13-21(26)24-17-9-6-15(7-10-17)22-25-18-12-16(23)8-11-20(18)28-22/h2-12H,13H2,1H3,(H,24,26). The number of aryl methyl sites for hydroxylation is 1. The fourth-order valence-electron chi connectivity index (χ4n) is 2.78. The van der Waals surface area contributed by atoms with Gasteiger partial charge in [-0.2, -0.15) is 0 Å². The summed E-state index contributed by atoms with van der Waals surface area (Å²) in [6.07, 6.45) is 0. The largest absolute Gasteiger partial charge is 0.483 e. The highest BCUT2D eigenvalue weighted by Gasteiger charge is 2.09. The molecule has 0 radical (unpaired) electrons. The molecule has 6 heteroatoms. The molecule has 0 atom stereocenters. The number of para-hydroxylation sites is 1. The van der Waals surface area contributed by atoms with E-state index in [0.29, 0.717) is 16.5 Å². The van der Waals surface area contributed by atoms with Gasteiger partial charge in [-0.05, 0) is 61.0 Å². The molecular weight excluding hydrogens is 392 g/mol. The van der Waals surface area contributed by atoms with Crippen LogP contribution in [0.2, 0.25) is 5.02 Å². The predicted octanol–water partition coefficient (Wildman–Crippen LogP) is 5.94. The highest BCUT2D eigenvalue weighted by atomic mass is 35.5. The molecule has 0 aliphatic heterocycles. The number of hydrogen-bond acceptors (Lipinski definition) is 4. The fourth-order valence-corrected chi connectivity index (χ4v) is 3.90. The Kier molecular flexibility index (Phi) is 5.28. The molecule has 0 unspecified atom stereocenters. The molecule has 0 aliphatic carbocycles. The van der Waals surface area contributed by atoms with Crippen LogP contribution in [0.25, 0.3) is 20.8 Å². The molecule has 4 aromatic rings. The molecule has 0 saturated heterocycles. The van der Waals surface area contributed by atoms with Gasteiger partial charge in [0.05, 0.1) is 10.2 Å². The third-order valence-electron chi connectivity index (χ3n) is 4.22. The Labute approximate surface area is 171 Å². The van der Waals surface area contributed by atoms with Crippen molar-refractivity contribution in [3.63, 3.8) is 0 Å². The van der Waals surface area contributed by atoms with Crippen LogP contribution in [0.4, 0.5) is 5.69 Å². The average Bonchev–Trinajstić information content (AvgIpc) is 3.11. The second-order valence-corrected chi connectivity index (χ2v) is 7.78. The summed E-state index contributed by atoms with van der Waals surface area (Å²) >= 11 is 7.64. The second kappa shape index (κ2) is 8.00. The average molecular weight is 409 g/mol. The van der Waals surface area contributed by atoms with E-state index >= 15 is 0 Å². The third kappa shape index (κ3) is 4.16. The zero-order valence-electron chi connectivity index (χ0n) is 15.1. The van der Waals surface area contributed by atoms with E-state index in [1.54, 1.807) is 11.3 Å². The number of hydrogen-bond donors (Lipinski definition) is 1. The molecule has 0 spiro atoms. The number of benzene rings is 3. The van der Waals surface area contributed by atoms with E-state index in [-0.39, 0.29) is 12.5 Å². The van der Waals surface area contributed by atoms with Crippen molar-refractivity contribution in [1.29, 1.82) is 0 Å². The van der Waals surface area contributed by atoms with Crippen molar-refractivity contribution in [1.82, 2.24) is 4.98 Å². The van der Waals surface area contributed by atoms with E-state index in [9.17, 15) is 4.79 Å². The normalized spacial score (nSPS) is 10.8. The van der Waals surface area contributed by atoms with Crippen LogP contribution in [0, 0.1) is 6.92 Å². The minimum atomic E-state index is -0.203. The van der Waals surface area contributed by atoms with E-state index in [1.165, 1.54) is 0 Å². The lowest BCUT2D eigenvalue weighted by Crippen LogP contribution is -2.20. The molecule has 4 rings (SSSR count). The van der Waals surface area contributed by atoms with Crippen LogP contribution in [-0.2, 0) is 4.79 Å². The first-order chi connectivity index (χ1) is 13.6. The second-order valence-electron chi connectivity index (χ2n) is 6.31. The lowest BCUT2D eigenvalue weighted by atomic mass is 10.2. The lowest BCUT2D eigenvalue weighted by Gasteiger charge is -2.09. The molecule has 1 heterocycles. The van der Waals surface area contributed by atoms with Gasteiger partial charge in [0.2, 0.25) is 0 Å². The van der Waals surface area contributed by atoms with Gasteiger partial charge in [-0.25, -0.2) is 4.98 Å². The van der Waals surface area contributed by atoms with Crippen LogP contribution >= 0.6 is 22.9 Å². The fraction of sp³-hybridized carbons (Fsp3) is 0.0909. The number of rotatable bonds is 5. The first kappa shape index (κ1) is 18.5. The third-order valence-corrected chi connectivity index (χ3v) is 5.54. The molecule has 1 N–H and O–H groups in total. The quantitative estimate of drug-likeness (QED) is 0.444. The van der Waals surface area contributed by atoms with Crippen LogP contribution < -0.4 is 10.1 Å². The molecular formula is C22H17ClN2O2S. The SMILES string of the molecule is Cc1ccccc1OCC(=O)Nc1ccc(-c2nc3cc(Cl)ccc3s2)cc1. The van der Waals surface area contributed by atoms with Crippen LogP contribution in [0.5, 0.6) is 5.75 Å². The summed E-state index contributed by atoms with van der Waals surface area (Å²) in [5.41, 5.74) is 3.59. The van der Waals surface area contributed by atoms with E-state index in [1.807, 2.05) is 73.7 Å². The summed E-state index contributed by atoms with van der Waals surface area (Å²) in [5.74, 6) is 0.509. The van der Waals surface area contributed by atoms with Crippen molar-refractivity contribution in [3.8, 4) is 16.3 Å². The Morgan fingerprint density at radius 2 is 1.89 bits per heavy atom. The summed E-state index contributed by atoms with van der Waals surface area (Å²) < 4.78 is 6.66. The van der Waals surface area contributed by atoms with Gasteiger partial charge in [0, 0.05) is 16.3 Å². The molecule has 3 aromatic carbocycles. The highest BCUT2D eigenvalue weighted by Crippen LogP contribution is 2.32. The van der Waals surface area contributed by atoms with Gasteiger partial charge in [-0.1, -0.05) is 29.8 Å². The number of aromatic nitrogens is 1. The number of halogens is 1. The predicted molar refractivity (Wildman–Crippen MR) is 115 cm³/mol. The van der Waals surface area contributed by atoms with Crippen LogP contribution in [0.3, 0.4) is 0 Å². The number of amides is 1. The van der Waals surface area contributed by atoms with Crippen molar-refractivity contribution < 1.29 is 9.53 Å². The number of nitrogens with one attached hydrogen (secondary N) is 1. The summed E-state index contributed by atoms with van der Waals surface area (Å²) in [5, 5.41) is 4.44. The maximum Gasteiger partial charge on any atom is 0.262 e. The summed E-state index contributed by atoms with van der Waals surface area (Å²) in [4.78, 5) is 16.8. The van der Waals surface area contributed by atoms with E-state index in [0.717, 1.165) is 26.4 Å². The molecule has 1 amide bonds. The Balaban J connectivity index is 1.41. The van der Waals surface area contributed by atoms with E-state index in [4.69, 9.17) is 16.3 Å². The van der Waals surface area contributed by atoms with Gasteiger partial charge in [0.1, 0.15) is 10.8 Å². The number of ether oxygens (including phenoxy) is 1. The molecule has 140 valence electrons. The Hall–Kier alpha value is -2.89.